The summed E-state index contributed by atoms with van der Waals surface area (Å²) in [6, 6.07) is 0. The molecule has 1 aliphatic rings. The number of anilines is 1. The van der Waals surface area contributed by atoms with Crippen LogP contribution in [0.15, 0.2) is 0 Å². The molecular weight excluding hydrogens is 290 g/mol. The summed E-state index contributed by atoms with van der Waals surface area (Å²) in [4.78, 5) is 28.2. The molecule has 1 aromatic rings. The fraction of sp³-hybridized carbons (Fsp3) is 0.643. The summed E-state index contributed by atoms with van der Waals surface area (Å²) in [7, 11) is 0. The largest absolute Gasteiger partial charge is 0.481 e. The summed E-state index contributed by atoms with van der Waals surface area (Å²) in [6.07, 6.45) is 3.77. The van der Waals surface area contributed by atoms with E-state index in [0.717, 1.165) is 29.3 Å². The molecule has 0 radical (unpaired) electrons. The molecule has 7 heteroatoms. The Kier molecular flexibility index (Phi) is 5.55. The molecule has 0 aliphatic heterocycles. The van der Waals surface area contributed by atoms with E-state index >= 15 is 0 Å². The lowest BCUT2D eigenvalue weighted by atomic mass is 9.91. The molecule has 1 atom stereocenters. The van der Waals surface area contributed by atoms with Crippen LogP contribution in [0, 0.1) is 0 Å². The van der Waals surface area contributed by atoms with Crippen LogP contribution in [0.1, 0.15) is 49.1 Å². The van der Waals surface area contributed by atoms with Gasteiger partial charge in [0.15, 0.2) is 5.13 Å². The number of aromatic nitrogens is 1. The second kappa shape index (κ2) is 7.40. The van der Waals surface area contributed by atoms with Crippen LogP contribution in [0.25, 0.3) is 0 Å². The van der Waals surface area contributed by atoms with E-state index in [9.17, 15) is 14.7 Å². The van der Waals surface area contributed by atoms with Crippen LogP contribution in [0.3, 0.4) is 0 Å². The summed E-state index contributed by atoms with van der Waals surface area (Å²) in [5.41, 5.74) is 0.705. The van der Waals surface area contributed by atoms with Crippen LogP contribution < -0.4 is 10.6 Å². The van der Waals surface area contributed by atoms with Gasteiger partial charge in [0.2, 0.25) is 5.91 Å². The van der Waals surface area contributed by atoms with Gasteiger partial charge in [0.1, 0.15) is 5.92 Å². The zero-order chi connectivity index (χ0) is 15.2. The third-order valence-electron chi connectivity index (χ3n) is 3.45. The molecular formula is C14H21N3O3S. The van der Waals surface area contributed by atoms with Gasteiger partial charge in [0, 0.05) is 24.4 Å². The third-order valence-corrected chi connectivity index (χ3v) is 4.54. The quantitative estimate of drug-likeness (QED) is 0.716. The molecule has 21 heavy (non-hydrogen) atoms. The molecule has 1 heterocycles. The van der Waals surface area contributed by atoms with Crippen molar-refractivity contribution >= 4 is 28.3 Å². The molecule has 1 amide bonds. The van der Waals surface area contributed by atoms with Crippen molar-refractivity contribution < 1.29 is 14.7 Å². The summed E-state index contributed by atoms with van der Waals surface area (Å²) in [6.45, 7) is 3.22. The maximum absolute atomic E-state index is 11.5. The minimum Gasteiger partial charge on any atom is -0.481 e. The van der Waals surface area contributed by atoms with E-state index in [4.69, 9.17) is 0 Å². The third kappa shape index (κ3) is 4.17. The van der Waals surface area contributed by atoms with E-state index in [0.29, 0.717) is 31.6 Å². The highest BCUT2D eigenvalue weighted by Crippen LogP contribution is 2.36. The highest BCUT2D eigenvalue weighted by Gasteiger charge is 2.29. The van der Waals surface area contributed by atoms with Crippen LogP contribution in [0.2, 0.25) is 0 Å². The molecule has 0 saturated carbocycles. The second-order valence-electron chi connectivity index (χ2n) is 5.14. The molecule has 1 aliphatic carbocycles. The molecule has 0 fully saturated rings. The Labute approximate surface area is 128 Å². The topological polar surface area (TPSA) is 91.3 Å². The number of carboxylic acids is 1. The van der Waals surface area contributed by atoms with E-state index < -0.39 is 11.9 Å². The van der Waals surface area contributed by atoms with Crippen LogP contribution >= 0.6 is 11.3 Å². The number of thiazole rings is 1. The molecule has 1 unspecified atom stereocenters. The van der Waals surface area contributed by atoms with E-state index in [1.807, 2.05) is 6.92 Å². The number of aliphatic carboxylic acids is 1. The summed E-state index contributed by atoms with van der Waals surface area (Å²) >= 11 is 1.51. The van der Waals surface area contributed by atoms with Gasteiger partial charge in [0.05, 0.1) is 5.69 Å². The van der Waals surface area contributed by atoms with Gasteiger partial charge < -0.3 is 15.7 Å². The Balaban J connectivity index is 1.88. The van der Waals surface area contributed by atoms with E-state index in [-0.39, 0.29) is 5.91 Å². The Morgan fingerprint density at radius 2 is 2.24 bits per heavy atom. The molecule has 0 aromatic carbocycles. The number of carbonyl (C=O) groups is 2. The van der Waals surface area contributed by atoms with Crippen molar-refractivity contribution in [1.29, 1.82) is 0 Å². The van der Waals surface area contributed by atoms with Crippen LogP contribution in [0.5, 0.6) is 0 Å². The van der Waals surface area contributed by atoms with Crippen LogP contribution in [-0.2, 0) is 16.0 Å². The second-order valence-corrected chi connectivity index (χ2v) is 6.22. The first-order valence-corrected chi connectivity index (χ1v) is 8.16. The number of nitrogens with zero attached hydrogens (tertiary/aromatic N) is 1. The summed E-state index contributed by atoms with van der Waals surface area (Å²) < 4.78 is 0. The zero-order valence-corrected chi connectivity index (χ0v) is 13.0. The number of rotatable bonds is 7. The van der Waals surface area contributed by atoms with Gasteiger partial charge in [-0.3, -0.25) is 9.59 Å². The predicted octanol–water partition coefficient (Wildman–Crippen LogP) is 1.98. The van der Waals surface area contributed by atoms with E-state index in [1.165, 1.54) is 11.3 Å². The van der Waals surface area contributed by atoms with Crippen molar-refractivity contribution in [2.24, 2.45) is 0 Å². The number of nitrogens with one attached hydrogen (secondary N) is 2. The minimum absolute atomic E-state index is 0.0223. The smallest absolute Gasteiger partial charge is 0.312 e. The van der Waals surface area contributed by atoms with Crippen LogP contribution in [0.4, 0.5) is 5.13 Å². The number of aryl methyl sites for hydroxylation is 1. The molecule has 1 aromatic heterocycles. The average Bonchev–Trinajstić information content (AvgIpc) is 2.87. The number of fused-ring (bicyclic) bond motifs is 1. The number of amides is 1. The maximum Gasteiger partial charge on any atom is 0.312 e. The summed E-state index contributed by atoms with van der Waals surface area (Å²) in [5, 5.41) is 15.9. The number of carbonyl (C=O) groups excluding carboxylic acids is 1. The van der Waals surface area contributed by atoms with Crippen molar-refractivity contribution in [3.63, 3.8) is 0 Å². The van der Waals surface area contributed by atoms with E-state index in [1.54, 1.807) is 0 Å². The first-order valence-electron chi connectivity index (χ1n) is 7.34. The van der Waals surface area contributed by atoms with Gasteiger partial charge in [-0.2, -0.15) is 0 Å². The Morgan fingerprint density at radius 1 is 1.43 bits per heavy atom. The van der Waals surface area contributed by atoms with Crippen molar-refractivity contribution in [2.75, 3.05) is 18.4 Å². The van der Waals surface area contributed by atoms with E-state index in [2.05, 4.69) is 15.6 Å². The van der Waals surface area contributed by atoms with Gasteiger partial charge in [0.25, 0.3) is 0 Å². The standard InChI is InChI=1S/C14H21N3O3S/c1-2-7-15-11(18)6-8-16-14-17-12-9(13(19)20)4-3-5-10(12)21-14/h9H,2-8H2,1H3,(H,15,18)(H,16,17)(H,19,20). The summed E-state index contributed by atoms with van der Waals surface area (Å²) in [5.74, 6) is -1.26. The van der Waals surface area contributed by atoms with Gasteiger partial charge in [-0.15, -0.1) is 11.3 Å². The molecule has 0 saturated heterocycles. The molecule has 6 nitrogen and oxygen atoms in total. The lowest BCUT2D eigenvalue weighted by Crippen LogP contribution is -2.25. The normalized spacial score (nSPS) is 17.1. The Bertz CT molecular complexity index is 516. The molecule has 0 bridgehead atoms. The van der Waals surface area contributed by atoms with Gasteiger partial charge in [-0.1, -0.05) is 6.92 Å². The molecule has 3 N–H and O–H groups in total. The van der Waals surface area contributed by atoms with Gasteiger partial charge >= 0.3 is 5.97 Å². The SMILES string of the molecule is CCCNC(=O)CCNc1nc2c(s1)CCCC2C(=O)O. The number of hydrogen-bond donors (Lipinski definition) is 3. The van der Waals surface area contributed by atoms with Crippen molar-refractivity contribution in [1.82, 2.24) is 10.3 Å². The average molecular weight is 311 g/mol. The zero-order valence-electron chi connectivity index (χ0n) is 12.1. The predicted molar refractivity (Wildman–Crippen MR) is 81.8 cm³/mol. The fourth-order valence-corrected chi connectivity index (χ4v) is 3.46. The van der Waals surface area contributed by atoms with Gasteiger partial charge in [-0.25, -0.2) is 4.98 Å². The molecule has 116 valence electrons. The van der Waals surface area contributed by atoms with Crippen molar-refractivity contribution in [3.05, 3.63) is 10.6 Å². The Morgan fingerprint density at radius 3 is 2.95 bits per heavy atom. The maximum atomic E-state index is 11.5. The number of carboxylic acid groups (broad SMARTS) is 1. The van der Waals surface area contributed by atoms with Crippen molar-refractivity contribution in [2.45, 2.75) is 44.9 Å². The lowest BCUT2D eigenvalue weighted by Gasteiger charge is -2.16. The highest BCUT2D eigenvalue weighted by molar-refractivity contribution is 7.15. The Hall–Kier alpha value is -1.63. The van der Waals surface area contributed by atoms with Crippen LogP contribution in [-0.4, -0.2) is 35.1 Å². The molecule has 0 spiro atoms. The molecule has 2 rings (SSSR count). The van der Waals surface area contributed by atoms with Crippen molar-refractivity contribution in [3.8, 4) is 0 Å². The first kappa shape index (κ1) is 15.8. The monoisotopic (exact) mass is 311 g/mol. The first-order chi connectivity index (χ1) is 10.1. The van der Waals surface area contributed by atoms with Gasteiger partial charge in [-0.05, 0) is 25.7 Å². The lowest BCUT2D eigenvalue weighted by molar-refractivity contribution is -0.139. The highest BCUT2D eigenvalue weighted by atomic mass is 32.1. The number of hydrogen-bond acceptors (Lipinski definition) is 5. The fourth-order valence-electron chi connectivity index (χ4n) is 2.37. The minimum atomic E-state index is -0.799.